The van der Waals surface area contributed by atoms with E-state index in [1.165, 1.54) is 100 Å². The van der Waals surface area contributed by atoms with Gasteiger partial charge in [-0.05, 0) is 150 Å². The van der Waals surface area contributed by atoms with Crippen molar-refractivity contribution >= 4 is 34.1 Å². The number of fused-ring (bicyclic) bond motifs is 15. The van der Waals surface area contributed by atoms with E-state index in [-0.39, 0.29) is 0 Å². The molecule has 11 aromatic carbocycles. The van der Waals surface area contributed by atoms with Crippen molar-refractivity contribution in [3.63, 3.8) is 0 Å². The van der Waals surface area contributed by atoms with Crippen molar-refractivity contribution in [1.82, 2.24) is 0 Å². The smallest absolute Gasteiger partial charge is 0.0754 e. The molecule has 0 bridgehead atoms. The molecule has 1 spiro atoms. The van der Waals surface area contributed by atoms with Gasteiger partial charge in [-0.3, -0.25) is 0 Å². The molecule has 1 aliphatic heterocycles. The summed E-state index contributed by atoms with van der Waals surface area (Å²) < 4.78 is 0. The standard InChI is InChI=1S/C68H44N2/c1-4-19-47(20-5-1)67-61-32-16-17-33-64(61)70(49-23-8-3-9-24-49)65-34-18-28-57(66(65)67)56-41-37-46(43-62(56)67)45-35-38-50(39-36-45)69(48-21-6-2-7-22-48)51-40-42-55-54-27-12-15-31-60(54)68(63(55)44-51)58-29-13-10-25-52(58)53-26-11-14-30-59(53)68/h1-44H. The van der Waals surface area contributed by atoms with E-state index in [2.05, 4.69) is 277 Å². The average Bonchev–Trinajstić information content (AvgIpc) is 4.03. The lowest BCUT2D eigenvalue weighted by molar-refractivity contribution is 0.754. The normalized spacial score (nSPS) is 15.6. The van der Waals surface area contributed by atoms with Crippen LogP contribution in [-0.2, 0) is 10.8 Å². The minimum Gasteiger partial charge on any atom is -0.310 e. The van der Waals surface area contributed by atoms with Crippen LogP contribution in [0.1, 0.15) is 44.5 Å². The van der Waals surface area contributed by atoms with Crippen molar-refractivity contribution < 1.29 is 0 Å². The van der Waals surface area contributed by atoms with E-state index in [4.69, 9.17) is 0 Å². The Morgan fingerprint density at radius 2 is 0.729 bits per heavy atom. The van der Waals surface area contributed by atoms with E-state index < -0.39 is 10.8 Å². The Balaban J connectivity index is 0.883. The highest BCUT2D eigenvalue weighted by Crippen LogP contribution is 2.66. The predicted molar refractivity (Wildman–Crippen MR) is 288 cm³/mol. The van der Waals surface area contributed by atoms with Crippen LogP contribution < -0.4 is 9.80 Å². The molecule has 0 saturated carbocycles. The van der Waals surface area contributed by atoms with Gasteiger partial charge in [0.2, 0.25) is 0 Å². The van der Waals surface area contributed by atoms with Crippen molar-refractivity contribution in [3.05, 3.63) is 311 Å². The van der Waals surface area contributed by atoms with Gasteiger partial charge in [0.25, 0.3) is 0 Å². The third-order valence-electron chi connectivity index (χ3n) is 15.9. The Labute approximate surface area is 408 Å². The summed E-state index contributed by atoms with van der Waals surface area (Å²) in [5.41, 5.74) is 26.7. The first kappa shape index (κ1) is 39.1. The van der Waals surface area contributed by atoms with Crippen LogP contribution in [0.25, 0.3) is 44.5 Å². The van der Waals surface area contributed by atoms with Crippen molar-refractivity contribution in [2.75, 3.05) is 9.80 Å². The van der Waals surface area contributed by atoms with Crippen LogP contribution in [0, 0.1) is 0 Å². The first-order valence-electron chi connectivity index (χ1n) is 24.4. The zero-order valence-electron chi connectivity index (χ0n) is 38.3. The van der Waals surface area contributed by atoms with Crippen molar-refractivity contribution in [3.8, 4) is 44.5 Å². The Kier molecular flexibility index (Phi) is 8.24. The Hall–Kier alpha value is -8.98. The van der Waals surface area contributed by atoms with Crippen LogP contribution in [0.15, 0.2) is 267 Å². The molecule has 0 N–H and O–H groups in total. The number of hydrogen-bond donors (Lipinski definition) is 0. The van der Waals surface area contributed by atoms with Crippen LogP contribution in [0.5, 0.6) is 0 Å². The highest BCUT2D eigenvalue weighted by molar-refractivity contribution is 6.01. The zero-order valence-corrected chi connectivity index (χ0v) is 38.3. The molecule has 1 heterocycles. The van der Waals surface area contributed by atoms with Crippen molar-refractivity contribution in [1.29, 1.82) is 0 Å². The fourth-order valence-electron chi connectivity index (χ4n) is 13.2. The molecule has 15 rings (SSSR count). The van der Waals surface area contributed by atoms with Crippen LogP contribution in [-0.4, -0.2) is 0 Å². The van der Waals surface area contributed by atoms with E-state index in [1.54, 1.807) is 0 Å². The second-order valence-corrected chi connectivity index (χ2v) is 19.1. The fourth-order valence-corrected chi connectivity index (χ4v) is 13.2. The minimum absolute atomic E-state index is 0.425. The van der Waals surface area contributed by atoms with E-state index in [0.717, 1.165) is 22.7 Å². The Morgan fingerprint density at radius 3 is 1.40 bits per heavy atom. The number of para-hydroxylation sites is 3. The van der Waals surface area contributed by atoms with Crippen LogP contribution in [0.2, 0.25) is 0 Å². The topological polar surface area (TPSA) is 6.48 Å². The lowest BCUT2D eigenvalue weighted by Gasteiger charge is -2.44. The molecule has 1 atom stereocenters. The number of hydrogen-bond acceptors (Lipinski definition) is 2. The second-order valence-electron chi connectivity index (χ2n) is 19.1. The van der Waals surface area contributed by atoms with E-state index in [0.29, 0.717) is 0 Å². The third kappa shape index (κ3) is 5.12. The maximum Gasteiger partial charge on any atom is 0.0754 e. The summed E-state index contributed by atoms with van der Waals surface area (Å²) in [6, 6.07) is 99.5. The summed E-state index contributed by atoms with van der Waals surface area (Å²) in [4.78, 5) is 4.89. The van der Waals surface area contributed by atoms with Gasteiger partial charge in [0.15, 0.2) is 0 Å². The van der Waals surface area contributed by atoms with Crippen LogP contribution in [0.4, 0.5) is 34.1 Å². The predicted octanol–water partition coefficient (Wildman–Crippen LogP) is 17.3. The maximum absolute atomic E-state index is 2.49. The molecular formula is C68H44N2. The number of rotatable bonds is 6. The molecule has 326 valence electrons. The highest BCUT2D eigenvalue weighted by atomic mass is 15.2. The van der Waals surface area contributed by atoms with Crippen LogP contribution >= 0.6 is 0 Å². The molecule has 0 fully saturated rings. The molecule has 0 radical (unpaired) electrons. The number of anilines is 6. The summed E-state index contributed by atoms with van der Waals surface area (Å²) in [7, 11) is 0. The van der Waals surface area contributed by atoms with Crippen molar-refractivity contribution in [2.45, 2.75) is 10.8 Å². The average molecular weight is 889 g/mol. The quantitative estimate of drug-likeness (QED) is 0.164. The van der Waals surface area contributed by atoms with Gasteiger partial charge in [-0.2, -0.15) is 0 Å². The van der Waals surface area contributed by atoms with Gasteiger partial charge in [-0.1, -0.05) is 200 Å². The fraction of sp³-hybridized carbons (Fsp3) is 0.0294. The second kappa shape index (κ2) is 14.8. The molecule has 2 nitrogen and oxygen atoms in total. The van der Waals surface area contributed by atoms with Gasteiger partial charge in [0.1, 0.15) is 0 Å². The van der Waals surface area contributed by atoms with Gasteiger partial charge in [-0.25, -0.2) is 0 Å². The molecule has 3 aliphatic carbocycles. The first-order valence-corrected chi connectivity index (χ1v) is 24.4. The lowest BCUT2D eigenvalue weighted by atomic mass is 9.64. The van der Waals surface area contributed by atoms with Crippen molar-refractivity contribution in [2.24, 2.45) is 0 Å². The molecule has 2 heteroatoms. The number of benzene rings is 11. The molecule has 0 saturated heterocycles. The maximum atomic E-state index is 2.49. The summed E-state index contributed by atoms with van der Waals surface area (Å²) >= 11 is 0. The van der Waals surface area contributed by atoms with Gasteiger partial charge < -0.3 is 9.80 Å². The number of nitrogens with zero attached hydrogens (tertiary/aromatic N) is 2. The van der Waals surface area contributed by atoms with E-state index >= 15 is 0 Å². The summed E-state index contributed by atoms with van der Waals surface area (Å²) in [5.74, 6) is 0. The molecular weight excluding hydrogens is 845 g/mol. The van der Waals surface area contributed by atoms with Crippen LogP contribution in [0.3, 0.4) is 0 Å². The summed E-state index contributed by atoms with van der Waals surface area (Å²) in [5, 5.41) is 0. The van der Waals surface area contributed by atoms with E-state index in [1.807, 2.05) is 0 Å². The zero-order chi connectivity index (χ0) is 46.0. The van der Waals surface area contributed by atoms with Gasteiger partial charge in [0, 0.05) is 28.3 Å². The summed E-state index contributed by atoms with van der Waals surface area (Å²) in [6.45, 7) is 0. The third-order valence-corrected chi connectivity index (χ3v) is 15.9. The molecule has 4 aliphatic rings. The van der Waals surface area contributed by atoms with Gasteiger partial charge in [0.05, 0.1) is 22.2 Å². The lowest BCUT2D eigenvalue weighted by Crippen LogP contribution is -2.35. The van der Waals surface area contributed by atoms with E-state index in [9.17, 15) is 0 Å². The van der Waals surface area contributed by atoms with Gasteiger partial charge >= 0.3 is 0 Å². The molecule has 0 aromatic heterocycles. The highest BCUT2D eigenvalue weighted by Gasteiger charge is 2.53. The monoisotopic (exact) mass is 888 g/mol. The largest absolute Gasteiger partial charge is 0.310 e. The summed E-state index contributed by atoms with van der Waals surface area (Å²) in [6.07, 6.45) is 0. The SMILES string of the molecule is c1ccc(N(c2ccc(-c3ccc4c(c3)C3(c5ccccc5)c5ccccc5N(c5ccccc5)c5cccc-4c53)cc2)c2ccc3c(c2)C2(c4ccccc4-c4ccccc42)c2ccccc2-3)cc1. The molecule has 0 amide bonds. The Bertz CT molecular complexity index is 3830. The molecule has 11 aromatic rings. The Morgan fingerprint density at radius 1 is 0.271 bits per heavy atom. The molecule has 70 heavy (non-hydrogen) atoms. The first-order chi connectivity index (χ1) is 34.7. The molecule has 1 unspecified atom stereocenters. The van der Waals surface area contributed by atoms with Gasteiger partial charge in [-0.15, -0.1) is 0 Å². The minimum atomic E-state index is -0.518.